The number of fused-ring (bicyclic) bond motifs is 1. The van der Waals surface area contributed by atoms with Crippen LogP contribution in [-0.2, 0) is 6.61 Å². The number of amides is 1. The molecular weight excluding hydrogens is 482 g/mol. The highest BCUT2D eigenvalue weighted by molar-refractivity contribution is 6.00. The van der Waals surface area contributed by atoms with Crippen LogP contribution in [-0.4, -0.2) is 51.0 Å². The van der Waals surface area contributed by atoms with E-state index in [1.165, 1.54) is 0 Å². The van der Waals surface area contributed by atoms with E-state index < -0.39 is 6.04 Å². The van der Waals surface area contributed by atoms with Gasteiger partial charge in [-0.15, -0.1) is 0 Å². The van der Waals surface area contributed by atoms with Gasteiger partial charge in [-0.2, -0.15) is 5.10 Å². The van der Waals surface area contributed by atoms with Gasteiger partial charge in [0.15, 0.2) is 11.5 Å². The smallest absolute Gasteiger partial charge is 0.273 e. The number of hydrogen-bond donors (Lipinski definition) is 3. The van der Waals surface area contributed by atoms with E-state index in [-0.39, 0.29) is 24.8 Å². The minimum absolute atomic E-state index is 0.100. The van der Waals surface area contributed by atoms with E-state index in [2.05, 4.69) is 10.2 Å². The van der Waals surface area contributed by atoms with Gasteiger partial charge in [0.05, 0.1) is 19.3 Å². The molecule has 3 N–H and O–H groups in total. The maximum absolute atomic E-state index is 13.4. The summed E-state index contributed by atoms with van der Waals surface area (Å²) in [5, 5.41) is 28.0. The number of aromatic nitrogens is 2. The van der Waals surface area contributed by atoms with Gasteiger partial charge in [-0.1, -0.05) is 42.5 Å². The molecule has 1 atom stereocenters. The molecule has 2 heterocycles. The van der Waals surface area contributed by atoms with Crippen LogP contribution in [0.2, 0.25) is 0 Å². The number of ether oxygens (including phenoxy) is 2. The third-order valence-corrected chi connectivity index (χ3v) is 6.72. The van der Waals surface area contributed by atoms with Crippen LogP contribution in [0.1, 0.15) is 51.3 Å². The third kappa shape index (κ3) is 4.59. The van der Waals surface area contributed by atoms with Crippen molar-refractivity contribution < 1.29 is 24.5 Å². The fourth-order valence-electron chi connectivity index (χ4n) is 5.14. The number of aliphatic hydroxyl groups excluding tert-OH is 1. The number of phenols is 1. The topological polar surface area (TPSA) is 108 Å². The van der Waals surface area contributed by atoms with Crippen molar-refractivity contribution in [1.29, 1.82) is 0 Å². The van der Waals surface area contributed by atoms with Crippen molar-refractivity contribution in [1.82, 2.24) is 15.1 Å². The zero-order valence-electron chi connectivity index (χ0n) is 21.7. The molecule has 0 radical (unpaired) electrons. The summed E-state index contributed by atoms with van der Waals surface area (Å²) in [4.78, 5) is 15.0. The molecule has 1 aliphatic rings. The van der Waals surface area contributed by atoms with Crippen molar-refractivity contribution in [3.63, 3.8) is 0 Å². The number of aliphatic hydroxyl groups is 1. The molecule has 1 aliphatic heterocycles. The molecule has 5 rings (SSSR count). The lowest BCUT2D eigenvalue weighted by molar-refractivity contribution is 0.0706. The largest absolute Gasteiger partial charge is 0.507 e. The predicted octanol–water partition coefficient (Wildman–Crippen LogP) is 4.91. The zero-order valence-corrected chi connectivity index (χ0v) is 21.7. The number of phenolic OH excluding ortho intramolecular Hbond substituents is 1. The highest BCUT2D eigenvalue weighted by Gasteiger charge is 2.42. The Labute approximate surface area is 221 Å². The van der Waals surface area contributed by atoms with Crippen LogP contribution in [0.5, 0.6) is 17.2 Å². The quantitative estimate of drug-likeness (QED) is 0.293. The molecule has 1 unspecified atom stereocenters. The van der Waals surface area contributed by atoms with Gasteiger partial charge in [-0.25, -0.2) is 0 Å². The number of H-pyrrole nitrogens is 1. The molecule has 8 heteroatoms. The number of β-amino-alcohol motifs (C(OH)–C–C–N with tert-alkyl or cyclic N) is 1. The average molecular weight is 514 g/mol. The fourth-order valence-corrected chi connectivity index (χ4v) is 5.14. The molecule has 8 nitrogen and oxygen atoms in total. The molecule has 0 aliphatic carbocycles. The second-order valence-electron chi connectivity index (χ2n) is 9.37. The second-order valence-corrected chi connectivity index (χ2v) is 9.37. The van der Waals surface area contributed by atoms with Crippen molar-refractivity contribution >= 4 is 5.91 Å². The number of hydrogen-bond acceptors (Lipinski definition) is 6. The van der Waals surface area contributed by atoms with Gasteiger partial charge in [0.1, 0.15) is 23.7 Å². The molecule has 1 amide bonds. The summed E-state index contributed by atoms with van der Waals surface area (Å²) in [6, 6.07) is 18.6. The van der Waals surface area contributed by atoms with E-state index in [9.17, 15) is 15.0 Å². The monoisotopic (exact) mass is 513 g/mol. The first-order valence-electron chi connectivity index (χ1n) is 12.7. The Morgan fingerprint density at radius 1 is 1.03 bits per heavy atom. The Hall–Kier alpha value is -4.30. The lowest BCUT2D eigenvalue weighted by Crippen LogP contribution is -2.32. The first-order valence-corrected chi connectivity index (χ1v) is 12.7. The Morgan fingerprint density at radius 2 is 1.82 bits per heavy atom. The van der Waals surface area contributed by atoms with Crippen molar-refractivity contribution in [2.45, 2.75) is 33.4 Å². The number of rotatable bonds is 9. The van der Waals surface area contributed by atoms with Crippen LogP contribution in [0.4, 0.5) is 0 Å². The van der Waals surface area contributed by atoms with Gasteiger partial charge in [0.2, 0.25) is 0 Å². The van der Waals surface area contributed by atoms with Gasteiger partial charge in [-0.05, 0) is 61.2 Å². The minimum Gasteiger partial charge on any atom is -0.507 e. The van der Waals surface area contributed by atoms with E-state index in [4.69, 9.17) is 9.47 Å². The Kier molecular flexibility index (Phi) is 7.07. The van der Waals surface area contributed by atoms with Crippen LogP contribution in [0, 0.1) is 13.8 Å². The Balaban J connectivity index is 1.59. The van der Waals surface area contributed by atoms with Crippen molar-refractivity contribution in [3.8, 4) is 28.5 Å². The maximum Gasteiger partial charge on any atom is 0.273 e. The number of aryl methyl sites for hydroxylation is 2. The molecule has 38 heavy (non-hydrogen) atoms. The van der Waals surface area contributed by atoms with Crippen LogP contribution in [0.15, 0.2) is 60.7 Å². The highest BCUT2D eigenvalue weighted by Crippen LogP contribution is 2.46. The highest BCUT2D eigenvalue weighted by atomic mass is 16.5. The van der Waals surface area contributed by atoms with Gasteiger partial charge in [0, 0.05) is 17.7 Å². The van der Waals surface area contributed by atoms with Crippen LogP contribution >= 0.6 is 0 Å². The second kappa shape index (κ2) is 10.6. The number of carbonyl (C=O) groups excluding carboxylic acids is 1. The molecule has 4 aromatic rings. The van der Waals surface area contributed by atoms with E-state index in [0.29, 0.717) is 47.2 Å². The molecule has 3 aromatic carbocycles. The molecule has 0 spiro atoms. The van der Waals surface area contributed by atoms with Crippen LogP contribution in [0.25, 0.3) is 11.3 Å². The number of aromatic amines is 1. The molecule has 196 valence electrons. The summed E-state index contributed by atoms with van der Waals surface area (Å²) in [6.45, 7) is 6.50. The summed E-state index contributed by atoms with van der Waals surface area (Å²) in [5.41, 5.74) is 5.69. The molecule has 1 aromatic heterocycles. The molecule has 0 fully saturated rings. The minimum atomic E-state index is -0.541. The number of carbonyl (C=O) groups is 1. The van der Waals surface area contributed by atoms with Crippen molar-refractivity contribution in [3.05, 3.63) is 94.2 Å². The van der Waals surface area contributed by atoms with Crippen LogP contribution in [0.3, 0.4) is 0 Å². The predicted molar refractivity (Wildman–Crippen MR) is 144 cm³/mol. The van der Waals surface area contributed by atoms with Crippen molar-refractivity contribution in [2.24, 2.45) is 0 Å². The normalized spacial score (nSPS) is 14.6. The van der Waals surface area contributed by atoms with E-state index in [1.807, 2.05) is 75.4 Å². The number of nitrogens with one attached hydrogen (secondary N) is 1. The first-order chi connectivity index (χ1) is 18.4. The van der Waals surface area contributed by atoms with E-state index >= 15 is 0 Å². The molecular formula is C30H31N3O5. The number of nitrogens with zero attached hydrogens (tertiary/aromatic N) is 2. The first kappa shape index (κ1) is 25.4. The summed E-state index contributed by atoms with van der Waals surface area (Å²) in [7, 11) is 0. The lowest BCUT2D eigenvalue weighted by Gasteiger charge is -2.26. The van der Waals surface area contributed by atoms with E-state index in [0.717, 1.165) is 22.3 Å². The lowest BCUT2D eigenvalue weighted by atomic mass is 9.93. The standard InChI is InChI=1S/C30H31N3O5/c1-4-37-24-16-21(10-11-23(24)38-17-20-8-6-5-7-9-20)29-26-27(25-19(3)14-18(2)15-22(25)35)31-32-28(26)30(36)33(29)12-13-34/h5-11,14-16,29,34-35H,4,12-13,17H2,1-3H3,(H,31,32). The number of benzene rings is 3. The summed E-state index contributed by atoms with van der Waals surface area (Å²) in [5.74, 6) is 0.995. The molecule has 0 saturated carbocycles. The van der Waals surface area contributed by atoms with Gasteiger partial charge < -0.3 is 24.6 Å². The summed E-state index contributed by atoms with van der Waals surface area (Å²) >= 11 is 0. The Bertz CT molecular complexity index is 1440. The van der Waals surface area contributed by atoms with Crippen molar-refractivity contribution in [2.75, 3.05) is 19.8 Å². The fraction of sp³-hybridized carbons (Fsp3) is 0.267. The summed E-state index contributed by atoms with van der Waals surface area (Å²) < 4.78 is 12.0. The number of aromatic hydroxyl groups is 1. The average Bonchev–Trinajstić information content (AvgIpc) is 3.43. The van der Waals surface area contributed by atoms with E-state index in [1.54, 1.807) is 11.0 Å². The van der Waals surface area contributed by atoms with Gasteiger partial charge in [-0.3, -0.25) is 9.89 Å². The third-order valence-electron chi connectivity index (χ3n) is 6.72. The maximum atomic E-state index is 13.4. The van der Waals surface area contributed by atoms with Crippen LogP contribution < -0.4 is 9.47 Å². The SMILES string of the molecule is CCOc1cc(C2c3c(-c4c(C)cc(C)cc4O)n[nH]c3C(=O)N2CCO)ccc1OCc1ccccc1. The molecule has 0 bridgehead atoms. The Morgan fingerprint density at radius 3 is 2.53 bits per heavy atom. The molecule has 0 saturated heterocycles. The summed E-state index contributed by atoms with van der Waals surface area (Å²) in [6.07, 6.45) is 0. The van der Waals surface area contributed by atoms with Gasteiger partial charge >= 0.3 is 0 Å². The zero-order chi connectivity index (χ0) is 26.8. The van der Waals surface area contributed by atoms with Gasteiger partial charge in [0.25, 0.3) is 5.91 Å².